The van der Waals surface area contributed by atoms with Crippen LogP contribution in [0.1, 0.15) is 40.4 Å². The van der Waals surface area contributed by atoms with E-state index in [1.165, 1.54) is 11.1 Å². The molecule has 2 aromatic rings. The Kier molecular flexibility index (Phi) is 5.03. The van der Waals surface area contributed by atoms with E-state index < -0.39 is 0 Å². The lowest BCUT2D eigenvalue weighted by Crippen LogP contribution is -2.50. The fourth-order valence-corrected chi connectivity index (χ4v) is 4.32. The minimum absolute atomic E-state index is 0.0181. The fourth-order valence-electron chi connectivity index (χ4n) is 4.32. The van der Waals surface area contributed by atoms with Gasteiger partial charge < -0.3 is 19.1 Å². The Morgan fingerprint density at radius 2 is 1.81 bits per heavy atom. The van der Waals surface area contributed by atoms with Gasteiger partial charge in [-0.15, -0.1) is 0 Å². The van der Waals surface area contributed by atoms with Crippen LogP contribution >= 0.6 is 0 Å². The molecule has 2 aliphatic rings. The highest BCUT2D eigenvalue weighted by Crippen LogP contribution is 2.39. The molecule has 5 heteroatoms. The van der Waals surface area contributed by atoms with Gasteiger partial charge >= 0.3 is 0 Å². The highest BCUT2D eigenvalue weighted by Gasteiger charge is 2.39. The number of fused-ring (bicyclic) bond motifs is 3. The zero-order chi connectivity index (χ0) is 18.8. The molecule has 1 aliphatic heterocycles. The molecule has 5 nitrogen and oxygen atoms in total. The minimum atomic E-state index is -0.0814. The molecule has 0 bridgehead atoms. The van der Waals surface area contributed by atoms with Crippen LogP contribution in [-0.2, 0) is 11.2 Å². The first-order valence-electron chi connectivity index (χ1n) is 9.46. The first-order valence-corrected chi connectivity index (χ1v) is 9.46. The van der Waals surface area contributed by atoms with E-state index in [-0.39, 0.29) is 18.1 Å². The van der Waals surface area contributed by atoms with Gasteiger partial charge in [0.15, 0.2) is 0 Å². The van der Waals surface area contributed by atoms with Gasteiger partial charge in [0.2, 0.25) is 0 Å². The Balaban J connectivity index is 1.72. The predicted molar refractivity (Wildman–Crippen MR) is 102 cm³/mol. The first-order chi connectivity index (χ1) is 13.2. The van der Waals surface area contributed by atoms with Crippen LogP contribution in [0.15, 0.2) is 42.5 Å². The third kappa shape index (κ3) is 3.16. The van der Waals surface area contributed by atoms with Crippen LogP contribution in [0.5, 0.6) is 11.5 Å². The molecule has 0 saturated carbocycles. The summed E-state index contributed by atoms with van der Waals surface area (Å²) in [4.78, 5) is 15.5. The van der Waals surface area contributed by atoms with Crippen LogP contribution in [0.3, 0.4) is 0 Å². The fraction of sp³-hybridized carbons (Fsp3) is 0.409. The van der Waals surface area contributed by atoms with Crippen LogP contribution in [0.25, 0.3) is 0 Å². The molecule has 1 heterocycles. The Labute approximate surface area is 159 Å². The zero-order valence-corrected chi connectivity index (χ0v) is 15.8. The lowest BCUT2D eigenvalue weighted by atomic mass is 9.95. The van der Waals surface area contributed by atoms with Crippen molar-refractivity contribution in [3.05, 3.63) is 59.2 Å². The lowest BCUT2D eigenvalue weighted by molar-refractivity contribution is -0.0623. The number of methoxy groups -OCH3 is 2. The number of carbonyl (C=O) groups is 1. The third-order valence-corrected chi connectivity index (χ3v) is 5.59. The molecule has 0 radical (unpaired) electrons. The molecule has 2 aromatic carbocycles. The molecule has 0 N–H and O–H groups in total. The standard InChI is InChI=1S/C22H25NO4/c1-25-18-11-6-12-19(26-2)20(18)22(24)23-13-14-27-21-16-9-4-3-7-15(16)8-5-10-17(21)23/h3-4,6-7,9,11-12,17,21H,5,8,10,13-14H2,1-2H3/t17-,21-/m0/s1. The van der Waals surface area contributed by atoms with Gasteiger partial charge in [0.05, 0.1) is 26.9 Å². The zero-order valence-electron chi connectivity index (χ0n) is 15.8. The normalized spacial score (nSPS) is 21.6. The van der Waals surface area contributed by atoms with Crippen molar-refractivity contribution in [2.75, 3.05) is 27.4 Å². The van der Waals surface area contributed by atoms with E-state index >= 15 is 0 Å². The number of hydrogen-bond acceptors (Lipinski definition) is 4. The highest BCUT2D eigenvalue weighted by molar-refractivity contribution is 6.00. The van der Waals surface area contributed by atoms with E-state index in [9.17, 15) is 4.79 Å². The van der Waals surface area contributed by atoms with E-state index in [4.69, 9.17) is 14.2 Å². The summed E-state index contributed by atoms with van der Waals surface area (Å²) < 4.78 is 17.1. The molecule has 1 saturated heterocycles. The van der Waals surface area contributed by atoms with Crippen molar-refractivity contribution < 1.29 is 19.0 Å². The second kappa shape index (κ2) is 7.61. The Bertz CT molecular complexity index is 813. The van der Waals surface area contributed by atoms with E-state index in [0.717, 1.165) is 19.3 Å². The van der Waals surface area contributed by atoms with Gasteiger partial charge in [-0.2, -0.15) is 0 Å². The Morgan fingerprint density at radius 3 is 2.56 bits per heavy atom. The van der Waals surface area contributed by atoms with Gasteiger partial charge in [0, 0.05) is 6.54 Å². The van der Waals surface area contributed by atoms with Crippen molar-refractivity contribution in [1.29, 1.82) is 0 Å². The van der Waals surface area contributed by atoms with Crippen LogP contribution in [0, 0.1) is 0 Å². The molecular weight excluding hydrogens is 342 g/mol. The maximum absolute atomic E-state index is 13.5. The smallest absolute Gasteiger partial charge is 0.261 e. The van der Waals surface area contributed by atoms with Gasteiger partial charge in [-0.3, -0.25) is 4.79 Å². The maximum Gasteiger partial charge on any atom is 0.261 e. The Morgan fingerprint density at radius 1 is 1.07 bits per heavy atom. The number of hydrogen-bond donors (Lipinski definition) is 0. The number of ether oxygens (including phenoxy) is 3. The van der Waals surface area contributed by atoms with Crippen molar-refractivity contribution in [1.82, 2.24) is 4.90 Å². The summed E-state index contributed by atoms with van der Waals surface area (Å²) in [6, 6.07) is 13.9. The SMILES string of the molecule is COc1cccc(OC)c1C(=O)N1CCO[C@H]2c3ccccc3CCC[C@@H]21. The monoisotopic (exact) mass is 367 g/mol. The summed E-state index contributed by atoms with van der Waals surface area (Å²) in [6.07, 6.45) is 2.89. The topological polar surface area (TPSA) is 48.0 Å². The molecular formula is C22H25NO4. The molecule has 27 heavy (non-hydrogen) atoms. The quantitative estimate of drug-likeness (QED) is 0.831. The van der Waals surface area contributed by atoms with E-state index in [2.05, 4.69) is 24.3 Å². The average Bonchev–Trinajstić information content (AvgIpc) is 2.92. The largest absolute Gasteiger partial charge is 0.496 e. The number of benzene rings is 2. The van der Waals surface area contributed by atoms with Crippen molar-refractivity contribution in [2.24, 2.45) is 0 Å². The summed E-state index contributed by atoms with van der Waals surface area (Å²) in [5, 5.41) is 0. The van der Waals surface area contributed by atoms with Gasteiger partial charge in [0.25, 0.3) is 5.91 Å². The minimum Gasteiger partial charge on any atom is -0.496 e. The van der Waals surface area contributed by atoms with Crippen LogP contribution in [0.2, 0.25) is 0 Å². The van der Waals surface area contributed by atoms with Crippen molar-refractivity contribution in [2.45, 2.75) is 31.4 Å². The van der Waals surface area contributed by atoms with E-state index in [1.807, 2.05) is 11.0 Å². The van der Waals surface area contributed by atoms with Gasteiger partial charge in [-0.1, -0.05) is 30.3 Å². The Hall–Kier alpha value is -2.53. The molecule has 1 fully saturated rings. The highest BCUT2D eigenvalue weighted by atomic mass is 16.5. The predicted octanol–water partition coefficient (Wildman–Crippen LogP) is 3.62. The van der Waals surface area contributed by atoms with Gasteiger partial charge in [-0.25, -0.2) is 0 Å². The van der Waals surface area contributed by atoms with Crippen LogP contribution < -0.4 is 9.47 Å². The molecule has 142 valence electrons. The van der Waals surface area contributed by atoms with Crippen molar-refractivity contribution in [3.8, 4) is 11.5 Å². The average molecular weight is 367 g/mol. The van der Waals surface area contributed by atoms with Crippen LogP contribution in [-0.4, -0.2) is 44.2 Å². The molecule has 1 amide bonds. The summed E-state index contributed by atoms with van der Waals surface area (Å²) >= 11 is 0. The van der Waals surface area contributed by atoms with Gasteiger partial charge in [-0.05, 0) is 42.5 Å². The van der Waals surface area contributed by atoms with Crippen molar-refractivity contribution in [3.63, 3.8) is 0 Å². The third-order valence-electron chi connectivity index (χ3n) is 5.59. The number of carbonyl (C=O) groups excluding carboxylic acids is 1. The maximum atomic E-state index is 13.5. The molecule has 2 atom stereocenters. The van der Waals surface area contributed by atoms with Gasteiger partial charge in [0.1, 0.15) is 23.2 Å². The number of amides is 1. The summed E-state index contributed by atoms with van der Waals surface area (Å²) in [5.74, 6) is 1.02. The second-order valence-electron chi connectivity index (χ2n) is 6.99. The van der Waals surface area contributed by atoms with Crippen LogP contribution in [0.4, 0.5) is 0 Å². The molecule has 1 aliphatic carbocycles. The number of nitrogens with zero attached hydrogens (tertiary/aromatic N) is 1. The molecule has 0 aromatic heterocycles. The first kappa shape index (κ1) is 17.9. The second-order valence-corrected chi connectivity index (χ2v) is 6.99. The molecule has 0 unspecified atom stereocenters. The lowest BCUT2D eigenvalue weighted by Gasteiger charge is -2.41. The van der Waals surface area contributed by atoms with E-state index in [0.29, 0.717) is 30.2 Å². The molecule has 0 spiro atoms. The van der Waals surface area contributed by atoms with Crippen molar-refractivity contribution >= 4 is 5.91 Å². The summed E-state index contributed by atoms with van der Waals surface area (Å²) in [5.41, 5.74) is 3.03. The number of morpholine rings is 1. The number of aryl methyl sites for hydroxylation is 1. The van der Waals surface area contributed by atoms with E-state index in [1.54, 1.807) is 26.4 Å². The summed E-state index contributed by atoms with van der Waals surface area (Å²) in [7, 11) is 3.16. The number of rotatable bonds is 3. The summed E-state index contributed by atoms with van der Waals surface area (Å²) in [6.45, 7) is 1.10. The molecule has 4 rings (SSSR count).